The van der Waals surface area contributed by atoms with Crippen LogP contribution in [0.15, 0.2) is 48.8 Å². The molecular formula is C24H25F5N2O3. The number of benzene rings is 2. The van der Waals surface area contributed by atoms with Gasteiger partial charge < -0.3 is 14.4 Å². The number of aliphatic carboxylic acids is 1. The van der Waals surface area contributed by atoms with Gasteiger partial charge in [0, 0.05) is 23.9 Å². The van der Waals surface area contributed by atoms with Crippen molar-refractivity contribution in [2.45, 2.75) is 39.4 Å². The molecule has 184 valence electrons. The summed E-state index contributed by atoms with van der Waals surface area (Å²) in [6, 6.07) is 11.5. The molecular weight excluding hydrogens is 459 g/mol. The summed E-state index contributed by atoms with van der Waals surface area (Å²) in [5, 5.41) is 7.12. The number of carboxylic acids is 1. The summed E-state index contributed by atoms with van der Waals surface area (Å²) < 4.78 is 66.8. The van der Waals surface area contributed by atoms with Gasteiger partial charge in [-0.05, 0) is 42.5 Å². The van der Waals surface area contributed by atoms with Crippen molar-refractivity contribution in [1.29, 1.82) is 0 Å². The van der Waals surface area contributed by atoms with E-state index in [0.29, 0.717) is 23.7 Å². The number of para-hydroxylation sites is 1. The molecule has 10 heteroatoms. The zero-order chi connectivity index (χ0) is 25.5. The molecule has 0 radical (unpaired) electrons. The highest BCUT2D eigenvalue weighted by Crippen LogP contribution is 2.28. The van der Waals surface area contributed by atoms with E-state index in [4.69, 9.17) is 14.6 Å². The average Bonchev–Trinajstić information content (AvgIpc) is 3.13. The standard InChI is InChI=1S/C22H24F2N2O.C2HF3O2/c1-15(2)12-20-22(18-9-8-17(23)13-19(18)24)25-14-26(20)11-10-16-6-4-5-7-21(16)27-3;3-2(4,5)1(6)7/h4-9,13-15H,10-12H2,1-3H3;(H,6,7). The van der Waals surface area contributed by atoms with Gasteiger partial charge in [0.15, 0.2) is 0 Å². The molecule has 0 saturated carbocycles. The Morgan fingerprint density at radius 2 is 1.79 bits per heavy atom. The lowest BCUT2D eigenvalue weighted by atomic mass is 10.0. The topological polar surface area (TPSA) is 64.4 Å². The van der Waals surface area contributed by atoms with Crippen LogP contribution < -0.4 is 4.74 Å². The highest BCUT2D eigenvalue weighted by atomic mass is 19.4. The first-order chi connectivity index (χ1) is 15.9. The maximum Gasteiger partial charge on any atom is 0.490 e. The number of nitrogens with zero attached hydrogens (tertiary/aromatic N) is 2. The molecule has 1 aromatic heterocycles. The Hall–Kier alpha value is -3.43. The van der Waals surface area contributed by atoms with E-state index in [1.165, 1.54) is 12.1 Å². The third kappa shape index (κ3) is 7.29. The predicted octanol–water partition coefficient (Wildman–Crippen LogP) is 5.91. The maximum atomic E-state index is 14.3. The lowest BCUT2D eigenvalue weighted by Crippen LogP contribution is -2.21. The Labute approximate surface area is 193 Å². The molecule has 0 spiro atoms. The number of alkyl halides is 3. The van der Waals surface area contributed by atoms with Crippen LogP contribution in [0.3, 0.4) is 0 Å². The Morgan fingerprint density at radius 1 is 1.15 bits per heavy atom. The number of hydrogen-bond donors (Lipinski definition) is 1. The van der Waals surface area contributed by atoms with Gasteiger partial charge in [0.05, 0.1) is 19.1 Å². The number of hydrogen-bond acceptors (Lipinski definition) is 3. The van der Waals surface area contributed by atoms with E-state index in [1.54, 1.807) is 13.4 Å². The van der Waals surface area contributed by atoms with Crippen molar-refractivity contribution in [1.82, 2.24) is 9.55 Å². The van der Waals surface area contributed by atoms with Crippen molar-refractivity contribution in [2.75, 3.05) is 7.11 Å². The molecule has 5 nitrogen and oxygen atoms in total. The zero-order valence-electron chi connectivity index (χ0n) is 18.9. The number of rotatable bonds is 7. The largest absolute Gasteiger partial charge is 0.496 e. The van der Waals surface area contributed by atoms with Crippen LogP contribution in [-0.4, -0.2) is 33.9 Å². The van der Waals surface area contributed by atoms with Gasteiger partial charge in [0.1, 0.15) is 17.4 Å². The third-order valence-electron chi connectivity index (χ3n) is 4.79. The second-order valence-electron chi connectivity index (χ2n) is 7.82. The highest BCUT2D eigenvalue weighted by Gasteiger charge is 2.38. The fourth-order valence-corrected chi connectivity index (χ4v) is 3.26. The summed E-state index contributed by atoms with van der Waals surface area (Å²) in [7, 11) is 1.66. The van der Waals surface area contributed by atoms with Crippen LogP contribution in [-0.2, 0) is 24.2 Å². The smallest absolute Gasteiger partial charge is 0.490 e. The summed E-state index contributed by atoms with van der Waals surface area (Å²) in [5.74, 6) is -2.69. The molecule has 0 unspecified atom stereocenters. The first-order valence-corrected chi connectivity index (χ1v) is 10.4. The molecule has 0 aliphatic carbocycles. The molecule has 1 heterocycles. The number of aryl methyl sites for hydroxylation is 2. The van der Waals surface area contributed by atoms with Gasteiger partial charge in [-0.25, -0.2) is 18.6 Å². The molecule has 1 N–H and O–H groups in total. The summed E-state index contributed by atoms with van der Waals surface area (Å²) in [5.41, 5.74) is 2.99. The fourth-order valence-electron chi connectivity index (χ4n) is 3.26. The number of imidazole rings is 1. The molecule has 0 amide bonds. The maximum absolute atomic E-state index is 14.3. The average molecular weight is 484 g/mol. The van der Waals surface area contributed by atoms with Crippen molar-refractivity contribution in [2.24, 2.45) is 5.92 Å². The van der Waals surface area contributed by atoms with Crippen LogP contribution in [0.4, 0.5) is 22.0 Å². The van der Waals surface area contributed by atoms with Crippen molar-refractivity contribution in [3.05, 3.63) is 71.7 Å². The van der Waals surface area contributed by atoms with Crippen LogP contribution in [0.1, 0.15) is 25.1 Å². The number of carbonyl (C=O) groups is 1. The fraction of sp³-hybridized carbons (Fsp3) is 0.333. The summed E-state index contributed by atoms with van der Waals surface area (Å²) >= 11 is 0. The van der Waals surface area contributed by atoms with Crippen LogP contribution in [0.2, 0.25) is 0 Å². The molecule has 0 atom stereocenters. The number of methoxy groups -OCH3 is 1. The van der Waals surface area contributed by atoms with Gasteiger partial charge in [-0.1, -0.05) is 32.0 Å². The van der Waals surface area contributed by atoms with Gasteiger partial charge in [-0.3, -0.25) is 0 Å². The van der Waals surface area contributed by atoms with Gasteiger partial charge in [-0.15, -0.1) is 0 Å². The third-order valence-corrected chi connectivity index (χ3v) is 4.79. The summed E-state index contributed by atoms with van der Waals surface area (Å²) in [4.78, 5) is 13.3. The van der Waals surface area contributed by atoms with Crippen LogP contribution in [0.25, 0.3) is 11.3 Å². The SMILES string of the molecule is COc1ccccc1CCn1cnc(-c2ccc(F)cc2F)c1CC(C)C.O=C(O)C(F)(F)F. The molecule has 0 saturated heterocycles. The van der Waals surface area contributed by atoms with E-state index < -0.39 is 23.8 Å². The van der Waals surface area contributed by atoms with Gasteiger partial charge in [-0.2, -0.15) is 13.2 Å². The Bertz CT molecular complexity index is 1110. The van der Waals surface area contributed by atoms with E-state index in [-0.39, 0.29) is 0 Å². The monoisotopic (exact) mass is 484 g/mol. The molecule has 0 aliphatic heterocycles. The summed E-state index contributed by atoms with van der Waals surface area (Å²) in [6.45, 7) is 4.93. The molecule has 2 aromatic carbocycles. The van der Waals surface area contributed by atoms with Crippen LogP contribution in [0, 0.1) is 17.6 Å². The van der Waals surface area contributed by atoms with Crippen molar-refractivity contribution in [3.63, 3.8) is 0 Å². The van der Waals surface area contributed by atoms with Crippen LogP contribution >= 0.6 is 0 Å². The van der Waals surface area contributed by atoms with Gasteiger partial charge >= 0.3 is 12.1 Å². The van der Waals surface area contributed by atoms with E-state index >= 15 is 0 Å². The lowest BCUT2D eigenvalue weighted by molar-refractivity contribution is -0.192. The quantitative estimate of drug-likeness (QED) is 0.424. The summed E-state index contributed by atoms with van der Waals surface area (Å²) in [6.07, 6.45) is -1.81. The number of aromatic nitrogens is 2. The first kappa shape index (κ1) is 26.8. The highest BCUT2D eigenvalue weighted by molar-refractivity contribution is 5.73. The van der Waals surface area contributed by atoms with Crippen molar-refractivity contribution < 1.29 is 36.6 Å². The minimum Gasteiger partial charge on any atom is -0.496 e. The molecule has 3 rings (SSSR count). The first-order valence-electron chi connectivity index (χ1n) is 10.4. The Kier molecular flexibility index (Phi) is 9.17. The van der Waals surface area contributed by atoms with Crippen LogP contribution in [0.5, 0.6) is 5.75 Å². The molecule has 3 aromatic rings. The van der Waals surface area contributed by atoms with E-state index in [9.17, 15) is 22.0 Å². The van der Waals surface area contributed by atoms with E-state index in [0.717, 1.165) is 35.9 Å². The number of ether oxygens (including phenoxy) is 1. The van der Waals surface area contributed by atoms with Crippen molar-refractivity contribution in [3.8, 4) is 17.0 Å². The minimum absolute atomic E-state index is 0.336. The number of carboxylic acid groups (broad SMARTS) is 1. The Morgan fingerprint density at radius 3 is 2.35 bits per heavy atom. The minimum atomic E-state index is -5.08. The second-order valence-corrected chi connectivity index (χ2v) is 7.82. The molecule has 0 bridgehead atoms. The second kappa shape index (κ2) is 11.6. The normalized spacial score (nSPS) is 11.2. The molecule has 34 heavy (non-hydrogen) atoms. The predicted molar refractivity (Wildman–Crippen MR) is 117 cm³/mol. The van der Waals surface area contributed by atoms with Crippen molar-refractivity contribution >= 4 is 5.97 Å². The van der Waals surface area contributed by atoms with Gasteiger partial charge in [0.25, 0.3) is 0 Å². The lowest BCUT2D eigenvalue weighted by Gasteiger charge is -2.14. The van der Waals surface area contributed by atoms with E-state index in [2.05, 4.69) is 23.4 Å². The Balaban J connectivity index is 0.000000509. The number of halogens is 5. The van der Waals surface area contributed by atoms with Gasteiger partial charge in [0.2, 0.25) is 0 Å². The van der Waals surface area contributed by atoms with E-state index in [1.807, 2.05) is 24.3 Å². The molecule has 0 aliphatic rings. The molecule has 0 fully saturated rings. The zero-order valence-corrected chi connectivity index (χ0v) is 18.9.